The summed E-state index contributed by atoms with van der Waals surface area (Å²) in [6.07, 6.45) is 0. The molecule has 0 aliphatic carbocycles. The first kappa shape index (κ1) is 19.8. The zero-order chi connectivity index (χ0) is 19.2. The van der Waals surface area contributed by atoms with Gasteiger partial charge in [-0.3, -0.25) is 4.79 Å². The number of benzene rings is 1. The third-order valence-electron chi connectivity index (χ3n) is 4.05. The predicted molar refractivity (Wildman–Crippen MR) is 106 cm³/mol. The zero-order valence-electron chi connectivity index (χ0n) is 16.4. The van der Waals surface area contributed by atoms with Gasteiger partial charge in [0.2, 0.25) is 5.91 Å². The monoisotopic (exact) mass is 358 g/mol. The van der Waals surface area contributed by atoms with Gasteiger partial charge in [0.1, 0.15) is 17.9 Å². The van der Waals surface area contributed by atoms with E-state index >= 15 is 0 Å². The molecule has 1 heterocycles. The lowest BCUT2D eigenvalue weighted by atomic mass is 9.96. The molecule has 0 aliphatic heterocycles. The largest absolute Gasteiger partial charge is 0.459 e. The summed E-state index contributed by atoms with van der Waals surface area (Å²) in [7, 11) is 0. The number of nitrogens with zero attached hydrogens (tertiary/aromatic N) is 1. The van der Waals surface area contributed by atoms with E-state index in [0.717, 1.165) is 28.8 Å². The average Bonchev–Trinajstić information content (AvgIpc) is 2.91. The van der Waals surface area contributed by atoms with E-state index in [1.165, 1.54) is 0 Å². The second-order valence-corrected chi connectivity index (χ2v) is 7.27. The van der Waals surface area contributed by atoms with E-state index in [1.807, 2.05) is 45.9 Å². The van der Waals surface area contributed by atoms with Crippen LogP contribution < -0.4 is 16.0 Å². The molecule has 0 atom stereocenters. The van der Waals surface area contributed by atoms with Crippen molar-refractivity contribution in [3.8, 4) is 0 Å². The topological polar surface area (TPSA) is 78.7 Å². The molecule has 0 fully saturated rings. The van der Waals surface area contributed by atoms with Crippen molar-refractivity contribution in [3.63, 3.8) is 0 Å². The number of rotatable bonds is 6. The molecule has 2 rings (SSSR count). The summed E-state index contributed by atoms with van der Waals surface area (Å²) in [4.78, 5) is 16.5. The minimum absolute atomic E-state index is 0.0409. The van der Waals surface area contributed by atoms with Crippen LogP contribution in [0.4, 0.5) is 0 Å². The van der Waals surface area contributed by atoms with Gasteiger partial charge < -0.3 is 20.4 Å². The van der Waals surface area contributed by atoms with Crippen LogP contribution in [0.25, 0.3) is 11.0 Å². The Morgan fingerprint density at radius 3 is 2.46 bits per heavy atom. The van der Waals surface area contributed by atoms with Crippen molar-refractivity contribution >= 4 is 22.8 Å². The SMILES string of the molecule is CCNC(=NCc1oc2ccccc2c1C)NCCNC(=O)C(C)(C)C. The highest BCUT2D eigenvalue weighted by Crippen LogP contribution is 2.25. The lowest BCUT2D eigenvalue weighted by Crippen LogP contribution is -2.43. The van der Waals surface area contributed by atoms with Gasteiger partial charge in [0.25, 0.3) is 0 Å². The molecule has 6 heteroatoms. The molecule has 0 spiro atoms. The first-order valence-corrected chi connectivity index (χ1v) is 9.10. The molecule has 0 saturated carbocycles. The molecular weight excluding hydrogens is 328 g/mol. The third-order valence-corrected chi connectivity index (χ3v) is 4.05. The van der Waals surface area contributed by atoms with Crippen molar-refractivity contribution in [2.45, 2.75) is 41.2 Å². The third kappa shape index (κ3) is 5.25. The van der Waals surface area contributed by atoms with Crippen LogP contribution in [0.2, 0.25) is 0 Å². The van der Waals surface area contributed by atoms with Crippen molar-refractivity contribution in [1.29, 1.82) is 0 Å². The number of fused-ring (bicyclic) bond motifs is 1. The number of carbonyl (C=O) groups excluding carboxylic acids is 1. The van der Waals surface area contributed by atoms with Crippen molar-refractivity contribution in [2.75, 3.05) is 19.6 Å². The van der Waals surface area contributed by atoms with E-state index in [1.54, 1.807) is 0 Å². The Hall–Kier alpha value is -2.50. The van der Waals surface area contributed by atoms with Crippen LogP contribution in [-0.2, 0) is 11.3 Å². The minimum Gasteiger partial charge on any atom is -0.459 e. The van der Waals surface area contributed by atoms with Crippen LogP contribution in [0.5, 0.6) is 0 Å². The van der Waals surface area contributed by atoms with Gasteiger partial charge in [-0.25, -0.2) is 4.99 Å². The Bertz CT molecular complexity index is 772. The highest BCUT2D eigenvalue weighted by molar-refractivity contribution is 5.83. The number of carbonyl (C=O) groups is 1. The summed E-state index contributed by atoms with van der Waals surface area (Å²) in [6.45, 7) is 12.1. The van der Waals surface area contributed by atoms with E-state index in [-0.39, 0.29) is 11.3 Å². The minimum atomic E-state index is -0.378. The molecule has 0 radical (unpaired) electrons. The number of furan rings is 1. The molecule has 0 saturated heterocycles. The quantitative estimate of drug-likeness (QED) is 0.421. The van der Waals surface area contributed by atoms with Crippen molar-refractivity contribution in [2.24, 2.45) is 10.4 Å². The summed E-state index contributed by atoms with van der Waals surface area (Å²) in [5.74, 6) is 1.61. The molecule has 0 aliphatic rings. The molecule has 0 bridgehead atoms. The number of para-hydroxylation sites is 1. The number of amides is 1. The van der Waals surface area contributed by atoms with Gasteiger partial charge in [0.05, 0.1) is 0 Å². The Kier molecular flexibility index (Phi) is 6.66. The lowest BCUT2D eigenvalue weighted by Gasteiger charge is -2.18. The highest BCUT2D eigenvalue weighted by Gasteiger charge is 2.20. The first-order chi connectivity index (χ1) is 12.3. The number of hydrogen-bond donors (Lipinski definition) is 3. The van der Waals surface area contributed by atoms with Crippen LogP contribution in [0.1, 0.15) is 39.0 Å². The van der Waals surface area contributed by atoms with Crippen LogP contribution in [-0.4, -0.2) is 31.5 Å². The molecule has 26 heavy (non-hydrogen) atoms. The normalized spacial score (nSPS) is 12.3. The average molecular weight is 358 g/mol. The predicted octanol–water partition coefficient (Wildman–Crippen LogP) is 2.96. The molecule has 1 aromatic heterocycles. The van der Waals surface area contributed by atoms with Crippen molar-refractivity contribution < 1.29 is 9.21 Å². The smallest absolute Gasteiger partial charge is 0.225 e. The van der Waals surface area contributed by atoms with Gasteiger partial charge in [-0.1, -0.05) is 39.0 Å². The first-order valence-electron chi connectivity index (χ1n) is 9.10. The van der Waals surface area contributed by atoms with E-state index in [4.69, 9.17) is 4.42 Å². The second kappa shape index (κ2) is 8.74. The summed E-state index contributed by atoms with van der Waals surface area (Å²) >= 11 is 0. The summed E-state index contributed by atoms with van der Waals surface area (Å²) in [5.41, 5.74) is 1.63. The molecular formula is C20H30N4O2. The van der Waals surface area contributed by atoms with E-state index in [2.05, 4.69) is 33.9 Å². The lowest BCUT2D eigenvalue weighted by molar-refractivity contribution is -0.128. The highest BCUT2D eigenvalue weighted by atomic mass is 16.3. The van der Waals surface area contributed by atoms with Gasteiger partial charge in [-0.05, 0) is 19.9 Å². The van der Waals surface area contributed by atoms with E-state index < -0.39 is 0 Å². The van der Waals surface area contributed by atoms with Gasteiger partial charge in [0.15, 0.2) is 5.96 Å². The fourth-order valence-electron chi connectivity index (χ4n) is 2.49. The molecule has 142 valence electrons. The Balaban J connectivity index is 1.93. The molecule has 1 aromatic carbocycles. The fourth-order valence-corrected chi connectivity index (χ4v) is 2.49. The molecule has 0 unspecified atom stereocenters. The number of aliphatic imine (C=N–C) groups is 1. The number of hydrogen-bond acceptors (Lipinski definition) is 3. The Morgan fingerprint density at radius 2 is 1.81 bits per heavy atom. The van der Waals surface area contributed by atoms with Gasteiger partial charge >= 0.3 is 0 Å². The van der Waals surface area contributed by atoms with Crippen LogP contribution >= 0.6 is 0 Å². The fraction of sp³-hybridized carbons (Fsp3) is 0.500. The van der Waals surface area contributed by atoms with Gasteiger partial charge in [0, 0.05) is 36.0 Å². The number of nitrogens with one attached hydrogen (secondary N) is 3. The van der Waals surface area contributed by atoms with E-state index in [9.17, 15) is 4.79 Å². The number of aryl methyl sites for hydroxylation is 1. The van der Waals surface area contributed by atoms with Gasteiger partial charge in [-0.15, -0.1) is 0 Å². The molecule has 6 nitrogen and oxygen atoms in total. The zero-order valence-corrected chi connectivity index (χ0v) is 16.4. The van der Waals surface area contributed by atoms with Gasteiger partial charge in [-0.2, -0.15) is 0 Å². The van der Waals surface area contributed by atoms with Crippen molar-refractivity contribution in [3.05, 3.63) is 35.6 Å². The molecule has 1 amide bonds. The maximum absolute atomic E-state index is 11.9. The number of guanidine groups is 1. The molecule has 3 N–H and O–H groups in total. The maximum Gasteiger partial charge on any atom is 0.225 e. The summed E-state index contributed by atoms with van der Waals surface area (Å²) < 4.78 is 5.90. The second-order valence-electron chi connectivity index (χ2n) is 7.27. The Morgan fingerprint density at radius 1 is 1.12 bits per heavy atom. The van der Waals surface area contributed by atoms with Crippen LogP contribution in [0.15, 0.2) is 33.7 Å². The Labute approximate surface area is 155 Å². The van der Waals surface area contributed by atoms with Crippen molar-refractivity contribution in [1.82, 2.24) is 16.0 Å². The van der Waals surface area contributed by atoms with Crippen LogP contribution in [0.3, 0.4) is 0 Å². The molecule has 2 aromatic rings. The summed E-state index contributed by atoms with van der Waals surface area (Å²) in [5, 5.41) is 10.5. The van der Waals surface area contributed by atoms with E-state index in [0.29, 0.717) is 25.6 Å². The standard InChI is InChI=1S/C20H30N4O2/c1-6-21-19(23-12-11-22-18(25)20(3,4)5)24-13-17-14(2)15-9-7-8-10-16(15)26-17/h7-10H,6,11-13H2,1-5H3,(H,22,25)(H2,21,23,24). The summed E-state index contributed by atoms with van der Waals surface area (Å²) in [6, 6.07) is 8.00. The maximum atomic E-state index is 11.9. The van der Waals surface area contributed by atoms with Crippen LogP contribution in [0, 0.1) is 12.3 Å².